The molecule has 0 saturated carbocycles. The third kappa shape index (κ3) is 3.34. The van der Waals surface area contributed by atoms with Crippen LogP contribution in [0.2, 0.25) is 0 Å². The molecule has 5 heteroatoms. The Labute approximate surface area is 118 Å². The monoisotopic (exact) mass is 284 g/mol. The second-order valence-electron chi connectivity index (χ2n) is 5.55. The molecular weight excluding hydrogens is 262 g/mol. The fraction of sp³-hybridized carbons (Fsp3) is 0.600. The van der Waals surface area contributed by atoms with Crippen molar-refractivity contribution >= 4 is 0 Å². The van der Waals surface area contributed by atoms with Crippen molar-refractivity contribution in [3.05, 3.63) is 35.4 Å². The van der Waals surface area contributed by atoms with Crippen molar-refractivity contribution < 1.29 is 13.5 Å². The molecule has 2 rings (SSSR count). The minimum Gasteiger partial charge on any atom is -0.380 e. The summed E-state index contributed by atoms with van der Waals surface area (Å²) in [5.41, 5.74) is 6.26. The highest BCUT2D eigenvalue weighted by Gasteiger charge is 2.27. The second kappa shape index (κ2) is 6.61. The van der Waals surface area contributed by atoms with E-state index in [-0.39, 0.29) is 11.7 Å². The molecule has 1 aliphatic heterocycles. The Kier molecular flexibility index (Phi) is 5.07. The zero-order valence-electron chi connectivity index (χ0n) is 12.0. The van der Waals surface area contributed by atoms with E-state index in [0.717, 1.165) is 25.6 Å². The fourth-order valence-electron chi connectivity index (χ4n) is 2.75. The molecule has 0 bridgehead atoms. The number of methoxy groups -OCH3 is 1. The summed E-state index contributed by atoms with van der Waals surface area (Å²) in [4.78, 5) is 2.16. The average Bonchev–Trinajstić information content (AvgIpc) is 2.43. The summed E-state index contributed by atoms with van der Waals surface area (Å²) in [6.07, 6.45) is 1.20. The van der Waals surface area contributed by atoms with Gasteiger partial charge in [0.1, 0.15) is 0 Å². The van der Waals surface area contributed by atoms with Crippen molar-refractivity contribution in [1.29, 1.82) is 0 Å². The van der Waals surface area contributed by atoms with E-state index < -0.39 is 17.7 Å². The average molecular weight is 284 g/mol. The first-order valence-corrected chi connectivity index (χ1v) is 6.97. The number of hydrogen-bond donors (Lipinski definition) is 1. The number of benzene rings is 1. The molecule has 1 fully saturated rings. The zero-order chi connectivity index (χ0) is 14.7. The SMILES string of the molecule is COC1CN(CC(N)c2cccc(F)c2F)CCC1C. The molecule has 2 N–H and O–H groups in total. The summed E-state index contributed by atoms with van der Waals surface area (Å²) in [5, 5.41) is 0. The van der Waals surface area contributed by atoms with E-state index in [2.05, 4.69) is 11.8 Å². The smallest absolute Gasteiger partial charge is 0.163 e. The van der Waals surface area contributed by atoms with E-state index in [9.17, 15) is 8.78 Å². The lowest BCUT2D eigenvalue weighted by molar-refractivity contribution is -0.00652. The molecule has 1 aromatic carbocycles. The Morgan fingerprint density at radius 1 is 1.45 bits per heavy atom. The lowest BCUT2D eigenvalue weighted by Gasteiger charge is -2.37. The molecule has 1 aliphatic rings. The van der Waals surface area contributed by atoms with Gasteiger partial charge in [-0.15, -0.1) is 0 Å². The maximum Gasteiger partial charge on any atom is 0.163 e. The topological polar surface area (TPSA) is 38.5 Å². The predicted octanol–water partition coefficient (Wildman–Crippen LogP) is 2.32. The van der Waals surface area contributed by atoms with Crippen LogP contribution in [0.3, 0.4) is 0 Å². The third-order valence-corrected chi connectivity index (χ3v) is 4.11. The molecule has 0 aliphatic carbocycles. The maximum atomic E-state index is 13.7. The van der Waals surface area contributed by atoms with Crippen LogP contribution in [0.4, 0.5) is 8.78 Å². The maximum absolute atomic E-state index is 13.7. The largest absolute Gasteiger partial charge is 0.380 e. The van der Waals surface area contributed by atoms with Gasteiger partial charge in [0, 0.05) is 31.8 Å². The van der Waals surface area contributed by atoms with Crippen molar-refractivity contribution in [1.82, 2.24) is 4.90 Å². The van der Waals surface area contributed by atoms with Gasteiger partial charge < -0.3 is 10.5 Å². The number of hydrogen-bond acceptors (Lipinski definition) is 3. The zero-order valence-corrected chi connectivity index (χ0v) is 12.0. The van der Waals surface area contributed by atoms with Crippen LogP contribution in [0.15, 0.2) is 18.2 Å². The quantitative estimate of drug-likeness (QED) is 0.922. The van der Waals surface area contributed by atoms with Gasteiger partial charge in [0.2, 0.25) is 0 Å². The van der Waals surface area contributed by atoms with E-state index in [1.165, 1.54) is 6.07 Å². The van der Waals surface area contributed by atoms with Crippen molar-refractivity contribution in [2.24, 2.45) is 11.7 Å². The molecular formula is C15H22F2N2O. The van der Waals surface area contributed by atoms with Crippen LogP contribution in [-0.4, -0.2) is 37.7 Å². The van der Waals surface area contributed by atoms with Crippen LogP contribution in [0.1, 0.15) is 24.9 Å². The molecule has 20 heavy (non-hydrogen) atoms. The Morgan fingerprint density at radius 2 is 2.20 bits per heavy atom. The first kappa shape index (κ1) is 15.4. The van der Waals surface area contributed by atoms with Gasteiger partial charge >= 0.3 is 0 Å². The molecule has 0 spiro atoms. The van der Waals surface area contributed by atoms with Crippen molar-refractivity contribution in [2.75, 3.05) is 26.7 Å². The molecule has 112 valence electrons. The van der Waals surface area contributed by atoms with Crippen LogP contribution in [0.25, 0.3) is 0 Å². The van der Waals surface area contributed by atoms with Gasteiger partial charge in [-0.3, -0.25) is 4.90 Å². The molecule has 0 aromatic heterocycles. The lowest BCUT2D eigenvalue weighted by Crippen LogP contribution is -2.46. The van der Waals surface area contributed by atoms with Gasteiger partial charge in [-0.1, -0.05) is 19.1 Å². The molecule has 3 atom stereocenters. The molecule has 0 amide bonds. The number of rotatable bonds is 4. The summed E-state index contributed by atoms with van der Waals surface area (Å²) >= 11 is 0. The second-order valence-corrected chi connectivity index (χ2v) is 5.55. The number of nitrogens with two attached hydrogens (primary N) is 1. The summed E-state index contributed by atoms with van der Waals surface area (Å²) < 4.78 is 32.4. The lowest BCUT2D eigenvalue weighted by atomic mass is 9.95. The Bertz CT molecular complexity index is 455. The highest BCUT2D eigenvalue weighted by molar-refractivity contribution is 5.22. The number of nitrogens with zero attached hydrogens (tertiary/aromatic N) is 1. The van der Waals surface area contributed by atoms with Crippen molar-refractivity contribution in [3.8, 4) is 0 Å². The van der Waals surface area contributed by atoms with Gasteiger partial charge in [0.05, 0.1) is 6.10 Å². The van der Waals surface area contributed by atoms with Gasteiger partial charge in [-0.25, -0.2) is 8.78 Å². The van der Waals surface area contributed by atoms with Crippen LogP contribution >= 0.6 is 0 Å². The predicted molar refractivity (Wildman–Crippen MR) is 74.3 cm³/mol. The number of piperidine rings is 1. The van der Waals surface area contributed by atoms with Gasteiger partial charge in [0.25, 0.3) is 0 Å². The summed E-state index contributed by atoms with van der Waals surface area (Å²) in [6, 6.07) is 3.61. The van der Waals surface area contributed by atoms with Crippen LogP contribution in [0, 0.1) is 17.6 Å². The molecule has 1 aromatic rings. The molecule has 3 nitrogen and oxygen atoms in total. The Balaban J connectivity index is 2.01. The van der Waals surface area contributed by atoms with E-state index >= 15 is 0 Å². The molecule has 3 unspecified atom stereocenters. The summed E-state index contributed by atoms with van der Waals surface area (Å²) in [7, 11) is 1.71. The molecule has 0 radical (unpaired) electrons. The fourth-order valence-corrected chi connectivity index (χ4v) is 2.75. The minimum atomic E-state index is -0.847. The van der Waals surface area contributed by atoms with E-state index in [1.54, 1.807) is 13.2 Å². The van der Waals surface area contributed by atoms with Crippen LogP contribution in [0.5, 0.6) is 0 Å². The molecule has 1 saturated heterocycles. The summed E-state index contributed by atoms with van der Waals surface area (Å²) in [6.45, 7) is 4.36. The van der Waals surface area contributed by atoms with E-state index in [4.69, 9.17) is 10.5 Å². The van der Waals surface area contributed by atoms with Crippen LogP contribution in [-0.2, 0) is 4.74 Å². The highest BCUT2D eigenvalue weighted by atomic mass is 19.2. The number of ether oxygens (including phenoxy) is 1. The van der Waals surface area contributed by atoms with Gasteiger partial charge in [0.15, 0.2) is 11.6 Å². The standard InChI is InChI=1S/C15H22F2N2O/c1-10-6-7-19(9-14(10)20-2)8-13(18)11-4-3-5-12(16)15(11)17/h3-5,10,13-14H,6-9,18H2,1-2H3. The van der Waals surface area contributed by atoms with Gasteiger partial charge in [-0.05, 0) is 24.9 Å². The highest BCUT2D eigenvalue weighted by Crippen LogP contribution is 2.23. The first-order chi connectivity index (χ1) is 9.52. The summed E-state index contributed by atoms with van der Waals surface area (Å²) in [5.74, 6) is -1.17. The number of halogens is 2. The van der Waals surface area contributed by atoms with E-state index in [0.29, 0.717) is 12.5 Å². The first-order valence-electron chi connectivity index (χ1n) is 6.97. The molecule has 1 heterocycles. The third-order valence-electron chi connectivity index (χ3n) is 4.11. The minimum absolute atomic E-state index is 0.174. The number of likely N-dealkylation sites (tertiary alicyclic amines) is 1. The van der Waals surface area contributed by atoms with Crippen molar-refractivity contribution in [2.45, 2.75) is 25.5 Å². The Morgan fingerprint density at radius 3 is 2.90 bits per heavy atom. The Hall–Kier alpha value is -1.04. The van der Waals surface area contributed by atoms with E-state index in [1.807, 2.05) is 0 Å². The van der Waals surface area contributed by atoms with Gasteiger partial charge in [-0.2, -0.15) is 0 Å². The van der Waals surface area contributed by atoms with Crippen LogP contribution < -0.4 is 5.73 Å². The van der Waals surface area contributed by atoms with Crippen molar-refractivity contribution in [3.63, 3.8) is 0 Å². The normalized spacial score (nSPS) is 25.6.